The lowest BCUT2D eigenvalue weighted by atomic mass is 9.70. The van der Waals surface area contributed by atoms with E-state index in [2.05, 4.69) is 10.6 Å². The molecule has 1 aromatic carbocycles. The van der Waals surface area contributed by atoms with E-state index in [9.17, 15) is 19.5 Å². The standard InChI is InChI=1S/C27H37N3O4S/c31-16-8-7-15-30-23(25(33)29-19-11-5-2-6-12-19)27-14-13-20(35-27)21(22(27)26(30)34)24(32)28-17-18-9-3-1-4-10-18/h1,3-4,9-10,19-23,31H,2,5-8,11-17H2,(H,28,32)(H,29,33)/t20-,21+,22+,23?,27?/m1/s1. The van der Waals surface area contributed by atoms with Crippen LogP contribution in [0.2, 0.25) is 0 Å². The first-order chi connectivity index (χ1) is 17.0. The minimum absolute atomic E-state index is 0.0461. The van der Waals surface area contributed by atoms with Crippen LogP contribution in [0.15, 0.2) is 30.3 Å². The number of nitrogens with one attached hydrogen (secondary N) is 2. The van der Waals surface area contributed by atoms with Gasteiger partial charge in [0.25, 0.3) is 0 Å². The molecule has 3 aliphatic heterocycles. The number of thioether (sulfide) groups is 1. The van der Waals surface area contributed by atoms with Gasteiger partial charge in [0.1, 0.15) is 6.04 Å². The number of carbonyl (C=O) groups excluding carboxylic acids is 3. The predicted octanol–water partition coefficient (Wildman–Crippen LogP) is 2.62. The Labute approximate surface area is 211 Å². The number of fused-ring (bicyclic) bond motifs is 1. The molecule has 1 spiro atoms. The highest BCUT2D eigenvalue weighted by molar-refractivity contribution is 8.02. The van der Waals surface area contributed by atoms with E-state index in [1.165, 1.54) is 6.42 Å². The maximum atomic E-state index is 13.9. The SMILES string of the molecule is O=C(NC1CCCCC1)C1N(CCCCO)C(=O)[C@@H]2[C@@H](C(=O)NCc3ccccc3)[C@H]3CCC12S3. The predicted molar refractivity (Wildman–Crippen MR) is 135 cm³/mol. The van der Waals surface area contributed by atoms with Gasteiger partial charge in [0.15, 0.2) is 0 Å². The van der Waals surface area contributed by atoms with E-state index in [1.54, 1.807) is 16.7 Å². The molecule has 5 atom stereocenters. The van der Waals surface area contributed by atoms with Gasteiger partial charge < -0.3 is 20.6 Å². The Hall–Kier alpha value is -2.06. The van der Waals surface area contributed by atoms with Crippen molar-refractivity contribution in [3.63, 3.8) is 0 Å². The molecule has 3 N–H and O–H groups in total. The molecule has 1 aliphatic carbocycles. The summed E-state index contributed by atoms with van der Waals surface area (Å²) in [5, 5.41) is 15.7. The summed E-state index contributed by atoms with van der Waals surface area (Å²) in [7, 11) is 0. The summed E-state index contributed by atoms with van der Waals surface area (Å²) in [6, 6.07) is 9.44. The van der Waals surface area contributed by atoms with E-state index in [0.29, 0.717) is 25.9 Å². The second-order valence-electron chi connectivity index (χ2n) is 10.6. The van der Waals surface area contributed by atoms with Crippen LogP contribution in [0.25, 0.3) is 0 Å². The molecule has 3 saturated heterocycles. The van der Waals surface area contributed by atoms with Crippen LogP contribution in [-0.2, 0) is 20.9 Å². The lowest BCUT2D eigenvalue weighted by molar-refractivity contribution is -0.140. The first-order valence-electron chi connectivity index (χ1n) is 13.3. The number of benzene rings is 1. The number of nitrogens with zero attached hydrogens (tertiary/aromatic N) is 1. The lowest BCUT2D eigenvalue weighted by Gasteiger charge is -2.35. The molecule has 2 unspecified atom stereocenters. The van der Waals surface area contributed by atoms with Crippen LogP contribution in [0.5, 0.6) is 0 Å². The molecular formula is C27H37N3O4S. The normalized spacial score (nSPS) is 32.0. The molecule has 4 aliphatic rings. The summed E-state index contributed by atoms with van der Waals surface area (Å²) >= 11 is 1.72. The van der Waals surface area contributed by atoms with Crippen molar-refractivity contribution in [1.29, 1.82) is 0 Å². The zero-order valence-corrected chi connectivity index (χ0v) is 21.1. The quantitative estimate of drug-likeness (QED) is 0.454. The number of aliphatic hydroxyl groups excluding tert-OH is 1. The van der Waals surface area contributed by atoms with Crippen molar-refractivity contribution in [2.45, 2.75) is 86.4 Å². The molecule has 4 fully saturated rings. The van der Waals surface area contributed by atoms with Gasteiger partial charge >= 0.3 is 0 Å². The van der Waals surface area contributed by atoms with Crippen molar-refractivity contribution < 1.29 is 19.5 Å². The molecule has 8 heteroatoms. The zero-order valence-electron chi connectivity index (χ0n) is 20.3. The second kappa shape index (κ2) is 10.5. The third-order valence-electron chi connectivity index (χ3n) is 8.42. The Morgan fingerprint density at radius 3 is 2.57 bits per heavy atom. The number of hydrogen-bond acceptors (Lipinski definition) is 5. The fourth-order valence-corrected chi connectivity index (χ4v) is 9.04. The summed E-state index contributed by atoms with van der Waals surface area (Å²) in [5.74, 6) is -1.04. The van der Waals surface area contributed by atoms with E-state index < -0.39 is 22.6 Å². The molecule has 35 heavy (non-hydrogen) atoms. The fourth-order valence-electron chi connectivity index (χ4n) is 6.82. The molecule has 7 nitrogen and oxygen atoms in total. The average molecular weight is 500 g/mol. The van der Waals surface area contributed by atoms with Gasteiger partial charge in [-0.3, -0.25) is 14.4 Å². The van der Waals surface area contributed by atoms with Gasteiger partial charge in [-0.1, -0.05) is 49.6 Å². The van der Waals surface area contributed by atoms with Gasteiger partial charge in [-0.15, -0.1) is 11.8 Å². The molecular weight excluding hydrogens is 462 g/mol. The number of likely N-dealkylation sites (tertiary alicyclic amines) is 1. The molecule has 3 amide bonds. The molecule has 3 heterocycles. The van der Waals surface area contributed by atoms with Crippen molar-refractivity contribution >= 4 is 29.5 Å². The number of carbonyl (C=O) groups is 3. The summed E-state index contributed by atoms with van der Waals surface area (Å²) in [5.41, 5.74) is 1.03. The summed E-state index contributed by atoms with van der Waals surface area (Å²) < 4.78 is -0.533. The van der Waals surface area contributed by atoms with Crippen LogP contribution < -0.4 is 10.6 Å². The van der Waals surface area contributed by atoms with Crippen LogP contribution in [0.4, 0.5) is 0 Å². The summed E-state index contributed by atoms with van der Waals surface area (Å²) in [6.07, 6.45) is 8.35. The zero-order chi connectivity index (χ0) is 24.4. The number of amides is 3. The lowest BCUT2D eigenvalue weighted by Crippen LogP contribution is -2.55. The van der Waals surface area contributed by atoms with E-state index in [0.717, 1.165) is 44.1 Å². The molecule has 0 radical (unpaired) electrons. The highest BCUT2D eigenvalue weighted by Crippen LogP contribution is 2.66. The minimum atomic E-state index is -0.539. The van der Waals surface area contributed by atoms with E-state index in [1.807, 2.05) is 30.3 Å². The third-order valence-corrected chi connectivity index (χ3v) is 10.4. The minimum Gasteiger partial charge on any atom is -0.396 e. The van der Waals surface area contributed by atoms with Gasteiger partial charge in [0, 0.05) is 31.0 Å². The van der Waals surface area contributed by atoms with Crippen LogP contribution >= 0.6 is 11.8 Å². The number of unbranched alkanes of at least 4 members (excludes halogenated alkanes) is 1. The number of rotatable bonds is 9. The molecule has 0 aromatic heterocycles. The highest BCUT2D eigenvalue weighted by Gasteiger charge is 2.73. The summed E-state index contributed by atoms with van der Waals surface area (Å²) in [4.78, 5) is 42.8. The van der Waals surface area contributed by atoms with Crippen molar-refractivity contribution in [2.75, 3.05) is 13.2 Å². The topological polar surface area (TPSA) is 98.7 Å². The maximum Gasteiger partial charge on any atom is 0.244 e. The molecule has 5 rings (SSSR count). The second-order valence-corrected chi connectivity index (χ2v) is 12.2. The highest BCUT2D eigenvalue weighted by atomic mass is 32.2. The molecule has 1 aromatic rings. The Balaban J connectivity index is 1.37. The van der Waals surface area contributed by atoms with Crippen molar-refractivity contribution in [1.82, 2.24) is 15.5 Å². The fraction of sp³-hybridized carbons (Fsp3) is 0.667. The monoisotopic (exact) mass is 499 g/mol. The third kappa shape index (κ3) is 4.59. The Kier molecular flexibility index (Phi) is 7.39. The van der Waals surface area contributed by atoms with Crippen LogP contribution in [0, 0.1) is 11.8 Å². The van der Waals surface area contributed by atoms with Gasteiger partial charge in [0.2, 0.25) is 17.7 Å². The Bertz CT molecular complexity index is 938. The van der Waals surface area contributed by atoms with Crippen molar-refractivity contribution in [3.05, 3.63) is 35.9 Å². The van der Waals surface area contributed by atoms with Crippen LogP contribution in [0.1, 0.15) is 63.4 Å². The largest absolute Gasteiger partial charge is 0.396 e. The maximum absolute atomic E-state index is 13.9. The average Bonchev–Trinajstić information content (AvgIpc) is 3.51. The molecule has 1 saturated carbocycles. The van der Waals surface area contributed by atoms with Crippen LogP contribution in [-0.4, -0.2) is 63.0 Å². The molecule has 190 valence electrons. The Morgan fingerprint density at radius 1 is 1.06 bits per heavy atom. The van der Waals surface area contributed by atoms with E-state index >= 15 is 0 Å². The van der Waals surface area contributed by atoms with E-state index in [4.69, 9.17) is 0 Å². The van der Waals surface area contributed by atoms with Crippen molar-refractivity contribution in [2.24, 2.45) is 11.8 Å². The smallest absolute Gasteiger partial charge is 0.244 e. The first kappa shape index (κ1) is 24.6. The Morgan fingerprint density at radius 2 is 1.83 bits per heavy atom. The van der Waals surface area contributed by atoms with Gasteiger partial charge in [-0.2, -0.15) is 0 Å². The number of hydrogen-bond donors (Lipinski definition) is 3. The first-order valence-corrected chi connectivity index (χ1v) is 14.1. The number of aliphatic hydroxyl groups is 1. The van der Waals surface area contributed by atoms with Crippen molar-refractivity contribution in [3.8, 4) is 0 Å². The van der Waals surface area contributed by atoms with Crippen LogP contribution in [0.3, 0.4) is 0 Å². The molecule has 2 bridgehead atoms. The van der Waals surface area contributed by atoms with Gasteiger partial charge in [-0.05, 0) is 44.1 Å². The summed E-state index contributed by atoms with van der Waals surface area (Å²) in [6.45, 7) is 0.953. The van der Waals surface area contributed by atoms with Gasteiger partial charge in [-0.25, -0.2) is 0 Å². The van der Waals surface area contributed by atoms with E-state index in [-0.39, 0.29) is 35.6 Å². The van der Waals surface area contributed by atoms with Gasteiger partial charge in [0.05, 0.1) is 16.6 Å².